The number of carbonyl (C=O) groups is 1. The van der Waals surface area contributed by atoms with Crippen molar-refractivity contribution in [3.63, 3.8) is 0 Å². The van der Waals surface area contributed by atoms with Crippen molar-refractivity contribution < 1.29 is 9.53 Å². The Kier molecular flexibility index (Phi) is 4.68. The fourth-order valence-electron chi connectivity index (χ4n) is 4.44. The van der Waals surface area contributed by atoms with E-state index in [1.165, 1.54) is 11.1 Å². The number of benzene rings is 2. The predicted octanol–water partition coefficient (Wildman–Crippen LogP) is 3.81. The lowest BCUT2D eigenvalue weighted by atomic mass is 10.0. The second-order valence-corrected chi connectivity index (χ2v) is 7.35. The van der Waals surface area contributed by atoms with Crippen molar-refractivity contribution in [2.45, 2.75) is 38.3 Å². The number of hydrogen-bond donors (Lipinski definition) is 0. The summed E-state index contributed by atoms with van der Waals surface area (Å²) in [7, 11) is 1.70. The van der Waals surface area contributed by atoms with Crippen molar-refractivity contribution in [1.29, 1.82) is 0 Å². The summed E-state index contributed by atoms with van der Waals surface area (Å²) in [5, 5.41) is 0. The van der Waals surface area contributed by atoms with Gasteiger partial charge in [-0.15, -0.1) is 0 Å². The monoisotopic (exact) mass is 350 g/mol. The van der Waals surface area contributed by atoms with Crippen LogP contribution in [0.25, 0.3) is 0 Å². The molecule has 1 saturated heterocycles. The summed E-state index contributed by atoms with van der Waals surface area (Å²) < 4.78 is 5.37. The molecule has 26 heavy (non-hydrogen) atoms. The number of anilines is 1. The summed E-state index contributed by atoms with van der Waals surface area (Å²) in [5.74, 6) is 1.08. The lowest BCUT2D eigenvalue weighted by Crippen LogP contribution is -2.43. The number of methoxy groups -OCH3 is 1. The van der Waals surface area contributed by atoms with E-state index in [4.69, 9.17) is 4.74 Å². The SMILES string of the molecule is COc1cccc(C2CCCN2CC(=O)N2c3ccccc3CC2C)c1. The summed E-state index contributed by atoms with van der Waals surface area (Å²) in [6, 6.07) is 17.0. The van der Waals surface area contributed by atoms with Crippen LogP contribution in [0.1, 0.15) is 36.9 Å². The second kappa shape index (κ2) is 7.12. The maximum atomic E-state index is 13.1. The molecule has 0 spiro atoms. The van der Waals surface area contributed by atoms with Crippen molar-refractivity contribution in [2.24, 2.45) is 0 Å². The zero-order valence-corrected chi connectivity index (χ0v) is 15.5. The first-order chi connectivity index (χ1) is 12.7. The van der Waals surface area contributed by atoms with Crippen LogP contribution in [0, 0.1) is 0 Å². The molecule has 136 valence electrons. The van der Waals surface area contributed by atoms with Crippen molar-refractivity contribution in [3.05, 3.63) is 59.7 Å². The molecule has 0 aromatic heterocycles. The van der Waals surface area contributed by atoms with Gasteiger partial charge in [0.05, 0.1) is 13.7 Å². The van der Waals surface area contributed by atoms with E-state index in [0.29, 0.717) is 12.6 Å². The topological polar surface area (TPSA) is 32.8 Å². The van der Waals surface area contributed by atoms with Crippen molar-refractivity contribution in [3.8, 4) is 5.75 Å². The molecule has 1 fully saturated rings. The largest absolute Gasteiger partial charge is 0.497 e. The Morgan fingerprint density at radius 3 is 2.88 bits per heavy atom. The molecule has 2 aliphatic heterocycles. The predicted molar refractivity (Wildman–Crippen MR) is 104 cm³/mol. The van der Waals surface area contributed by atoms with Gasteiger partial charge in [-0.05, 0) is 62.1 Å². The van der Waals surface area contributed by atoms with Crippen LogP contribution in [0.15, 0.2) is 48.5 Å². The van der Waals surface area contributed by atoms with Gasteiger partial charge in [0.25, 0.3) is 0 Å². The maximum Gasteiger partial charge on any atom is 0.241 e. The van der Waals surface area contributed by atoms with Gasteiger partial charge in [-0.25, -0.2) is 0 Å². The van der Waals surface area contributed by atoms with Crippen LogP contribution in [-0.4, -0.2) is 37.0 Å². The minimum absolute atomic E-state index is 0.206. The van der Waals surface area contributed by atoms with Crippen LogP contribution in [0.2, 0.25) is 0 Å². The first-order valence-corrected chi connectivity index (χ1v) is 9.45. The van der Waals surface area contributed by atoms with Gasteiger partial charge in [0.1, 0.15) is 5.75 Å². The Bertz CT molecular complexity index is 804. The van der Waals surface area contributed by atoms with E-state index < -0.39 is 0 Å². The fourth-order valence-corrected chi connectivity index (χ4v) is 4.44. The fraction of sp³-hybridized carbons (Fsp3) is 0.409. The Morgan fingerprint density at radius 2 is 2.04 bits per heavy atom. The van der Waals surface area contributed by atoms with Crippen molar-refractivity contribution >= 4 is 11.6 Å². The van der Waals surface area contributed by atoms with Gasteiger partial charge in [0.15, 0.2) is 0 Å². The highest BCUT2D eigenvalue weighted by molar-refractivity contribution is 5.97. The van der Waals surface area contributed by atoms with Gasteiger partial charge in [-0.3, -0.25) is 9.69 Å². The number of carbonyl (C=O) groups excluding carboxylic acids is 1. The van der Waals surface area contributed by atoms with Gasteiger partial charge in [0, 0.05) is 17.8 Å². The first kappa shape index (κ1) is 17.1. The minimum Gasteiger partial charge on any atom is -0.497 e. The number of para-hydroxylation sites is 1. The van der Waals surface area contributed by atoms with Gasteiger partial charge in [-0.1, -0.05) is 30.3 Å². The van der Waals surface area contributed by atoms with Crippen LogP contribution in [0.5, 0.6) is 5.75 Å². The van der Waals surface area contributed by atoms with E-state index in [0.717, 1.165) is 37.2 Å². The standard InChI is InChI=1S/C22H26N2O2/c1-16-13-17-7-3-4-10-21(17)24(16)22(25)15-23-12-6-11-20(23)18-8-5-9-19(14-18)26-2/h3-5,7-10,14,16,20H,6,11-13,15H2,1-2H3. The molecular formula is C22H26N2O2. The van der Waals surface area contributed by atoms with Crippen LogP contribution in [0.3, 0.4) is 0 Å². The number of hydrogen-bond acceptors (Lipinski definition) is 3. The minimum atomic E-state index is 0.206. The number of fused-ring (bicyclic) bond motifs is 1. The normalized spacial score (nSPS) is 22.5. The van der Waals surface area contributed by atoms with Crippen molar-refractivity contribution in [2.75, 3.05) is 25.1 Å². The molecule has 2 heterocycles. The highest BCUT2D eigenvalue weighted by atomic mass is 16.5. The quantitative estimate of drug-likeness (QED) is 0.841. The van der Waals surface area contributed by atoms with Gasteiger partial charge in [-0.2, -0.15) is 0 Å². The number of ether oxygens (including phenoxy) is 1. The van der Waals surface area contributed by atoms with Crippen LogP contribution < -0.4 is 9.64 Å². The lowest BCUT2D eigenvalue weighted by molar-refractivity contribution is -0.120. The molecule has 2 aromatic carbocycles. The molecule has 2 aromatic rings. The molecule has 2 unspecified atom stereocenters. The van der Waals surface area contributed by atoms with Crippen LogP contribution in [-0.2, 0) is 11.2 Å². The average Bonchev–Trinajstić information content (AvgIpc) is 3.24. The zero-order chi connectivity index (χ0) is 18.1. The van der Waals surface area contributed by atoms with Crippen molar-refractivity contribution in [1.82, 2.24) is 4.90 Å². The Labute approximate surface area is 155 Å². The van der Waals surface area contributed by atoms with Crippen LogP contribution in [0.4, 0.5) is 5.69 Å². The zero-order valence-electron chi connectivity index (χ0n) is 15.5. The number of nitrogens with zero attached hydrogens (tertiary/aromatic N) is 2. The third-order valence-corrected chi connectivity index (χ3v) is 5.66. The molecule has 4 rings (SSSR count). The molecule has 2 aliphatic rings. The highest BCUT2D eigenvalue weighted by Crippen LogP contribution is 2.35. The summed E-state index contributed by atoms with van der Waals surface area (Å²) in [6.45, 7) is 3.58. The van der Waals surface area contributed by atoms with E-state index in [1.54, 1.807) is 7.11 Å². The Morgan fingerprint density at radius 1 is 1.19 bits per heavy atom. The van der Waals surface area contributed by atoms with E-state index in [-0.39, 0.29) is 11.9 Å². The molecule has 0 N–H and O–H groups in total. The molecule has 2 atom stereocenters. The van der Waals surface area contributed by atoms with Crippen LogP contribution >= 0.6 is 0 Å². The van der Waals surface area contributed by atoms with Gasteiger partial charge >= 0.3 is 0 Å². The molecule has 0 aliphatic carbocycles. The Hall–Kier alpha value is -2.33. The lowest BCUT2D eigenvalue weighted by Gasteiger charge is -2.29. The average molecular weight is 350 g/mol. The maximum absolute atomic E-state index is 13.1. The molecule has 0 bridgehead atoms. The molecule has 0 saturated carbocycles. The molecule has 0 radical (unpaired) electrons. The van der Waals surface area contributed by atoms with E-state index in [2.05, 4.69) is 42.2 Å². The number of amides is 1. The van der Waals surface area contributed by atoms with Gasteiger partial charge < -0.3 is 9.64 Å². The Balaban J connectivity index is 1.52. The number of rotatable bonds is 4. The molecular weight excluding hydrogens is 324 g/mol. The third kappa shape index (κ3) is 3.10. The summed E-state index contributed by atoms with van der Waals surface area (Å²) in [5.41, 5.74) is 3.60. The van der Waals surface area contributed by atoms with Gasteiger partial charge in [0.2, 0.25) is 5.91 Å². The molecule has 4 nitrogen and oxygen atoms in total. The molecule has 1 amide bonds. The van der Waals surface area contributed by atoms with E-state index >= 15 is 0 Å². The van der Waals surface area contributed by atoms with E-state index in [9.17, 15) is 4.79 Å². The third-order valence-electron chi connectivity index (χ3n) is 5.66. The summed E-state index contributed by atoms with van der Waals surface area (Å²) in [4.78, 5) is 17.5. The number of likely N-dealkylation sites (tertiary alicyclic amines) is 1. The smallest absolute Gasteiger partial charge is 0.241 e. The van der Waals surface area contributed by atoms with E-state index in [1.807, 2.05) is 23.1 Å². The highest BCUT2D eigenvalue weighted by Gasteiger charge is 2.34. The summed E-state index contributed by atoms with van der Waals surface area (Å²) >= 11 is 0. The summed E-state index contributed by atoms with van der Waals surface area (Å²) in [6.07, 6.45) is 3.16. The first-order valence-electron chi connectivity index (χ1n) is 9.45. The molecule has 4 heteroatoms. The second-order valence-electron chi connectivity index (χ2n) is 7.35.